The van der Waals surface area contributed by atoms with E-state index in [1.807, 2.05) is 29.0 Å². The molecule has 7 heteroatoms. The largest absolute Gasteiger partial charge is 0.300 e. The van der Waals surface area contributed by atoms with Gasteiger partial charge in [0.25, 0.3) is 0 Å². The van der Waals surface area contributed by atoms with E-state index in [1.54, 1.807) is 11.3 Å². The number of anilines is 1. The molecule has 4 rings (SSSR count). The molecule has 0 bridgehead atoms. The number of amides is 1. The van der Waals surface area contributed by atoms with E-state index < -0.39 is 0 Å². The number of aromatic nitrogens is 2. The van der Waals surface area contributed by atoms with Gasteiger partial charge in [-0.1, -0.05) is 39.4 Å². The van der Waals surface area contributed by atoms with Crippen LogP contribution >= 0.6 is 38.6 Å². The smallest absolute Gasteiger partial charge is 0.229 e. The molecule has 0 radical (unpaired) electrons. The third-order valence-electron chi connectivity index (χ3n) is 3.85. The van der Waals surface area contributed by atoms with Crippen molar-refractivity contribution in [3.8, 4) is 10.6 Å². The van der Waals surface area contributed by atoms with Crippen molar-refractivity contribution in [3.05, 3.63) is 51.1 Å². The second kappa shape index (κ2) is 6.14. The summed E-state index contributed by atoms with van der Waals surface area (Å²) in [6, 6.07) is 10.2. The fourth-order valence-electron chi connectivity index (χ4n) is 2.54. The van der Waals surface area contributed by atoms with Gasteiger partial charge >= 0.3 is 0 Å². The van der Waals surface area contributed by atoms with Gasteiger partial charge in [0.15, 0.2) is 0 Å². The zero-order chi connectivity index (χ0) is 15.8. The van der Waals surface area contributed by atoms with Crippen molar-refractivity contribution in [2.45, 2.75) is 12.3 Å². The van der Waals surface area contributed by atoms with Gasteiger partial charge in [0.05, 0.1) is 0 Å². The zero-order valence-electron chi connectivity index (χ0n) is 11.9. The third-order valence-corrected chi connectivity index (χ3v) is 5.95. The van der Waals surface area contributed by atoms with Crippen LogP contribution in [-0.2, 0) is 4.79 Å². The molecule has 1 aliphatic rings. The Balaban J connectivity index is 1.40. The van der Waals surface area contributed by atoms with Gasteiger partial charge in [-0.2, -0.15) is 11.3 Å². The molecular formula is C16H12BrN3OS2. The summed E-state index contributed by atoms with van der Waals surface area (Å²) in [5.74, 6) is 0.378. The molecule has 1 aliphatic carbocycles. The van der Waals surface area contributed by atoms with Crippen LogP contribution in [0.1, 0.15) is 17.9 Å². The van der Waals surface area contributed by atoms with Crippen LogP contribution in [0, 0.1) is 5.92 Å². The van der Waals surface area contributed by atoms with E-state index >= 15 is 0 Å². The highest BCUT2D eigenvalue weighted by molar-refractivity contribution is 9.10. The maximum atomic E-state index is 12.3. The van der Waals surface area contributed by atoms with E-state index in [0.29, 0.717) is 11.0 Å². The minimum absolute atomic E-state index is 0.0321. The van der Waals surface area contributed by atoms with Gasteiger partial charge < -0.3 is 5.32 Å². The molecule has 0 saturated heterocycles. The summed E-state index contributed by atoms with van der Waals surface area (Å²) in [7, 11) is 0. The van der Waals surface area contributed by atoms with Crippen molar-refractivity contribution < 1.29 is 4.79 Å². The van der Waals surface area contributed by atoms with Gasteiger partial charge in [0.2, 0.25) is 11.0 Å². The predicted octanol–water partition coefficient (Wildman–Crippen LogP) is 4.77. The van der Waals surface area contributed by atoms with E-state index in [1.165, 1.54) is 16.9 Å². The van der Waals surface area contributed by atoms with E-state index in [-0.39, 0.29) is 11.8 Å². The van der Waals surface area contributed by atoms with Gasteiger partial charge in [-0.15, -0.1) is 10.2 Å². The topological polar surface area (TPSA) is 54.9 Å². The molecule has 4 nitrogen and oxygen atoms in total. The average Bonchev–Trinajstić information content (AvgIpc) is 2.96. The number of nitrogens with one attached hydrogen (secondary N) is 1. The van der Waals surface area contributed by atoms with Gasteiger partial charge in [-0.25, -0.2) is 0 Å². The first-order chi connectivity index (χ1) is 11.2. The summed E-state index contributed by atoms with van der Waals surface area (Å²) in [6.45, 7) is 0. The summed E-state index contributed by atoms with van der Waals surface area (Å²) in [4.78, 5) is 12.3. The number of carbonyl (C=O) groups is 1. The van der Waals surface area contributed by atoms with Gasteiger partial charge in [0, 0.05) is 21.3 Å². The van der Waals surface area contributed by atoms with Crippen molar-refractivity contribution in [1.29, 1.82) is 0 Å². The van der Waals surface area contributed by atoms with E-state index in [0.717, 1.165) is 21.5 Å². The Hall–Kier alpha value is -1.57. The first kappa shape index (κ1) is 15.0. The van der Waals surface area contributed by atoms with Crippen molar-refractivity contribution >= 4 is 49.6 Å². The monoisotopic (exact) mass is 405 g/mol. The van der Waals surface area contributed by atoms with Gasteiger partial charge in [-0.05, 0) is 41.5 Å². The number of hydrogen-bond donors (Lipinski definition) is 1. The van der Waals surface area contributed by atoms with Crippen molar-refractivity contribution in [3.63, 3.8) is 0 Å². The number of nitrogens with zero attached hydrogens (tertiary/aromatic N) is 2. The van der Waals surface area contributed by atoms with Crippen molar-refractivity contribution in [1.82, 2.24) is 10.2 Å². The number of hydrogen-bond acceptors (Lipinski definition) is 5. The number of benzene rings is 1. The number of rotatable bonds is 4. The Kier molecular flexibility index (Phi) is 4.00. The minimum atomic E-state index is 0.0321. The molecule has 1 N–H and O–H groups in total. The molecule has 1 aromatic carbocycles. The van der Waals surface area contributed by atoms with Crippen LogP contribution < -0.4 is 5.32 Å². The normalized spacial score (nSPS) is 19.5. The Morgan fingerprint density at radius 1 is 1.22 bits per heavy atom. The van der Waals surface area contributed by atoms with E-state index in [4.69, 9.17) is 0 Å². The maximum Gasteiger partial charge on any atom is 0.229 e. The molecule has 2 atom stereocenters. The summed E-state index contributed by atoms with van der Waals surface area (Å²) < 4.78 is 1.05. The first-order valence-electron chi connectivity index (χ1n) is 7.13. The lowest BCUT2D eigenvalue weighted by molar-refractivity contribution is -0.117. The molecule has 3 aromatic rings. The Labute approximate surface area is 149 Å². The molecule has 2 heterocycles. The zero-order valence-corrected chi connectivity index (χ0v) is 15.1. The Morgan fingerprint density at radius 2 is 2.04 bits per heavy atom. The first-order valence-corrected chi connectivity index (χ1v) is 9.68. The van der Waals surface area contributed by atoms with Crippen LogP contribution in [0.2, 0.25) is 0 Å². The summed E-state index contributed by atoms with van der Waals surface area (Å²) in [5, 5.41) is 16.5. The van der Waals surface area contributed by atoms with Gasteiger partial charge in [0.1, 0.15) is 5.01 Å². The summed E-state index contributed by atoms with van der Waals surface area (Å²) in [5.41, 5.74) is 2.26. The minimum Gasteiger partial charge on any atom is -0.300 e. The maximum absolute atomic E-state index is 12.3. The van der Waals surface area contributed by atoms with Crippen LogP contribution in [0.4, 0.5) is 5.13 Å². The number of thiophene rings is 1. The molecule has 0 spiro atoms. The highest BCUT2D eigenvalue weighted by atomic mass is 79.9. The molecule has 1 saturated carbocycles. The predicted molar refractivity (Wildman–Crippen MR) is 96.8 cm³/mol. The standard InChI is InChI=1S/C16H12BrN3OS2/c17-11-3-1-9(2-4-11)12-7-13(12)14(21)18-16-20-19-15(23-16)10-5-6-22-8-10/h1-6,8,12-13H,7H2,(H,18,20,21). The van der Waals surface area contributed by atoms with Crippen LogP contribution in [-0.4, -0.2) is 16.1 Å². The molecule has 2 unspecified atom stereocenters. The van der Waals surface area contributed by atoms with Gasteiger partial charge in [-0.3, -0.25) is 4.79 Å². The van der Waals surface area contributed by atoms with E-state index in [2.05, 4.69) is 43.6 Å². The second-order valence-corrected chi connectivity index (χ2v) is 8.09. The molecule has 0 aliphatic heterocycles. The van der Waals surface area contributed by atoms with Crippen molar-refractivity contribution in [2.24, 2.45) is 5.92 Å². The summed E-state index contributed by atoms with van der Waals surface area (Å²) >= 11 is 6.46. The molecule has 23 heavy (non-hydrogen) atoms. The van der Waals surface area contributed by atoms with Crippen LogP contribution in [0.3, 0.4) is 0 Å². The highest BCUT2D eigenvalue weighted by Gasteiger charge is 2.44. The number of carbonyl (C=O) groups excluding carboxylic acids is 1. The molecule has 116 valence electrons. The average molecular weight is 406 g/mol. The molecule has 1 fully saturated rings. The van der Waals surface area contributed by atoms with Crippen LogP contribution in [0.25, 0.3) is 10.6 Å². The van der Waals surface area contributed by atoms with Crippen LogP contribution in [0.15, 0.2) is 45.6 Å². The number of halogens is 1. The lowest BCUT2D eigenvalue weighted by atomic mass is 10.1. The fourth-order valence-corrected chi connectivity index (χ4v) is 4.26. The molecule has 2 aromatic heterocycles. The third kappa shape index (κ3) is 3.22. The fraction of sp³-hybridized carbons (Fsp3) is 0.188. The Morgan fingerprint density at radius 3 is 2.78 bits per heavy atom. The second-order valence-electron chi connectivity index (χ2n) is 5.41. The molecule has 1 amide bonds. The quantitative estimate of drug-likeness (QED) is 0.679. The van der Waals surface area contributed by atoms with E-state index in [9.17, 15) is 4.79 Å². The Bertz CT molecular complexity index is 829. The SMILES string of the molecule is O=C(Nc1nnc(-c2ccsc2)s1)C1CC1c1ccc(Br)cc1. The lowest BCUT2D eigenvalue weighted by Crippen LogP contribution is -2.14. The summed E-state index contributed by atoms with van der Waals surface area (Å²) in [6.07, 6.45) is 0.893. The lowest BCUT2D eigenvalue weighted by Gasteiger charge is -2.01. The molecular weight excluding hydrogens is 394 g/mol. The van der Waals surface area contributed by atoms with Crippen molar-refractivity contribution in [2.75, 3.05) is 5.32 Å². The van der Waals surface area contributed by atoms with Crippen LogP contribution in [0.5, 0.6) is 0 Å². The highest BCUT2D eigenvalue weighted by Crippen LogP contribution is 2.48.